The van der Waals surface area contributed by atoms with E-state index in [-0.39, 0.29) is 12.3 Å². The highest BCUT2D eigenvalue weighted by molar-refractivity contribution is 7.89. The normalized spacial score (nSPS) is 15.7. The molecule has 19 heavy (non-hydrogen) atoms. The second kappa shape index (κ2) is 5.94. The Hall–Kier alpha value is -1.05. The van der Waals surface area contributed by atoms with E-state index in [1.165, 1.54) is 6.07 Å². The molecule has 106 valence electrons. The van der Waals surface area contributed by atoms with Crippen LogP contribution in [0.4, 0.5) is 8.78 Å². The first kappa shape index (κ1) is 14.4. The number of benzene rings is 1. The summed E-state index contributed by atoms with van der Waals surface area (Å²) in [5, 5.41) is 3.10. The molecule has 7 heteroatoms. The van der Waals surface area contributed by atoms with E-state index < -0.39 is 21.7 Å². The van der Waals surface area contributed by atoms with E-state index in [4.69, 9.17) is 0 Å². The van der Waals surface area contributed by atoms with Crippen LogP contribution in [0.25, 0.3) is 0 Å². The van der Waals surface area contributed by atoms with Gasteiger partial charge in [-0.2, -0.15) is 0 Å². The Morgan fingerprint density at radius 1 is 1.21 bits per heavy atom. The molecule has 0 bridgehead atoms. The van der Waals surface area contributed by atoms with Gasteiger partial charge < -0.3 is 5.32 Å². The molecule has 0 unspecified atom stereocenters. The molecule has 4 nitrogen and oxygen atoms in total. The second-order valence-corrected chi connectivity index (χ2v) is 6.54. The van der Waals surface area contributed by atoms with E-state index in [1.54, 1.807) is 0 Å². The number of sulfonamides is 1. The molecule has 1 saturated carbocycles. The number of hydrogen-bond acceptors (Lipinski definition) is 3. The Bertz CT molecular complexity index is 545. The van der Waals surface area contributed by atoms with Crippen LogP contribution in [-0.2, 0) is 16.6 Å². The quantitative estimate of drug-likeness (QED) is 0.791. The smallest absolute Gasteiger partial charge is 0.213 e. The molecule has 1 aromatic rings. The third kappa shape index (κ3) is 4.85. The van der Waals surface area contributed by atoms with E-state index in [0.29, 0.717) is 18.2 Å². The zero-order chi connectivity index (χ0) is 13.9. The van der Waals surface area contributed by atoms with Crippen molar-refractivity contribution in [2.24, 2.45) is 0 Å². The number of rotatable bonds is 7. The van der Waals surface area contributed by atoms with Crippen LogP contribution in [0.1, 0.15) is 18.4 Å². The summed E-state index contributed by atoms with van der Waals surface area (Å²) in [6.07, 6.45) is 2.20. The minimum Gasteiger partial charge on any atom is -0.313 e. The maximum absolute atomic E-state index is 12.9. The van der Waals surface area contributed by atoms with Crippen LogP contribution in [0.15, 0.2) is 18.2 Å². The molecule has 2 N–H and O–H groups in total. The van der Waals surface area contributed by atoms with Crippen LogP contribution in [0.5, 0.6) is 0 Å². The third-order valence-electron chi connectivity index (χ3n) is 2.86. The highest BCUT2D eigenvalue weighted by atomic mass is 32.2. The molecule has 0 atom stereocenters. The van der Waals surface area contributed by atoms with Crippen LogP contribution >= 0.6 is 0 Å². The molecule has 0 radical (unpaired) electrons. The van der Waals surface area contributed by atoms with Gasteiger partial charge in [-0.15, -0.1) is 0 Å². The topological polar surface area (TPSA) is 58.2 Å². The van der Waals surface area contributed by atoms with Crippen molar-refractivity contribution in [3.8, 4) is 0 Å². The Balaban J connectivity index is 1.80. The first-order valence-corrected chi connectivity index (χ1v) is 7.76. The van der Waals surface area contributed by atoms with Gasteiger partial charge in [-0.1, -0.05) is 6.07 Å². The molecule has 0 aliphatic heterocycles. The molecule has 1 aliphatic carbocycles. The predicted octanol–water partition coefficient (Wildman–Crippen LogP) is 1.14. The van der Waals surface area contributed by atoms with Crippen molar-refractivity contribution < 1.29 is 17.2 Å². The van der Waals surface area contributed by atoms with E-state index in [2.05, 4.69) is 10.0 Å². The average molecular weight is 290 g/mol. The van der Waals surface area contributed by atoms with Crippen LogP contribution in [0.3, 0.4) is 0 Å². The first-order valence-electron chi connectivity index (χ1n) is 6.11. The first-order chi connectivity index (χ1) is 8.96. The van der Waals surface area contributed by atoms with Crippen LogP contribution < -0.4 is 10.0 Å². The van der Waals surface area contributed by atoms with Gasteiger partial charge in [-0.05, 0) is 30.5 Å². The molecular weight excluding hydrogens is 274 g/mol. The van der Waals surface area contributed by atoms with Gasteiger partial charge in [0, 0.05) is 19.1 Å². The maximum Gasteiger partial charge on any atom is 0.213 e. The zero-order valence-corrected chi connectivity index (χ0v) is 11.1. The van der Waals surface area contributed by atoms with E-state index in [9.17, 15) is 17.2 Å². The van der Waals surface area contributed by atoms with Crippen molar-refractivity contribution in [3.63, 3.8) is 0 Å². The van der Waals surface area contributed by atoms with Crippen molar-refractivity contribution >= 4 is 10.0 Å². The van der Waals surface area contributed by atoms with E-state index in [1.807, 2.05) is 0 Å². The SMILES string of the molecule is O=S(=O)(CCNC1CC1)NCc1ccc(F)c(F)c1. The predicted molar refractivity (Wildman–Crippen MR) is 68.0 cm³/mol. The lowest BCUT2D eigenvalue weighted by Crippen LogP contribution is -2.32. The summed E-state index contributed by atoms with van der Waals surface area (Å²) >= 11 is 0. The highest BCUT2D eigenvalue weighted by Gasteiger charge is 2.21. The zero-order valence-electron chi connectivity index (χ0n) is 10.3. The number of hydrogen-bond donors (Lipinski definition) is 2. The van der Waals surface area contributed by atoms with Gasteiger partial charge in [0.15, 0.2) is 11.6 Å². The van der Waals surface area contributed by atoms with E-state index in [0.717, 1.165) is 25.0 Å². The summed E-state index contributed by atoms with van der Waals surface area (Å²) in [6, 6.07) is 3.78. The molecule has 0 aromatic heterocycles. The van der Waals surface area contributed by atoms with Crippen molar-refractivity contribution in [2.75, 3.05) is 12.3 Å². The van der Waals surface area contributed by atoms with Gasteiger partial charge in [-0.25, -0.2) is 21.9 Å². The summed E-state index contributed by atoms with van der Waals surface area (Å²) in [7, 11) is -3.40. The average Bonchev–Trinajstić information content (AvgIpc) is 3.15. The van der Waals surface area contributed by atoms with Crippen molar-refractivity contribution in [1.82, 2.24) is 10.0 Å². The fourth-order valence-corrected chi connectivity index (χ4v) is 2.52. The van der Waals surface area contributed by atoms with Crippen LogP contribution in [0.2, 0.25) is 0 Å². The molecule has 1 aliphatic rings. The van der Waals surface area contributed by atoms with Crippen molar-refractivity contribution in [2.45, 2.75) is 25.4 Å². The molecule has 0 spiro atoms. The minimum atomic E-state index is -3.40. The lowest BCUT2D eigenvalue weighted by Gasteiger charge is -2.07. The summed E-state index contributed by atoms with van der Waals surface area (Å²) in [6.45, 7) is 0.362. The molecule has 0 heterocycles. The van der Waals surface area contributed by atoms with Crippen molar-refractivity contribution in [1.29, 1.82) is 0 Å². The van der Waals surface area contributed by atoms with Gasteiger partial charge in [-0.3, -0.25) is 0 Å². The summed E-state index contributed by atoms with van der Waals surface area (Å²) in [5.74, 6) is -1.94. The standard InChI is InChI=1S/C12H16F2N2O2S/c13-11-4-1-9(7-12(11)14)8-16-19(17,18)6-5-15-10-2-3-10/h1,4,7,10,15-16H,2-3,5-6,8H2. The summed E-state index contributed by atoms with van der Waals surface area (Å²) in [5.41, 5.74) is 0.387. The monoisotopic (exact) mass is 290 g/mol. The van der Waals surface area contributed by atoms with Crippen molar-refractivity contribution in [3.05, 3.63) is 35.4 Å². The molecule has 1 fully saturated rings. The molecule has 0 saturated heterocycles. The highest BCUT2D eigenvalue weighted by Crippen LogP contribution is 2.18. The molecule has 2 rings (SSSR count). The summed E-state index contributed by atoms with van der Waals surface area (Å²) in [4.78, 5) is 0. The van der Waals surface area contributed by atoms with Crippen LogP contribution in [-0.4, -0.2) is 26.8 Å². The number of nitrogens with one attached hydrogen (secondary N) is 2. The third-order valence-corrected chi connectivity index (χ3v) is 4.19. The minimum absolute atomic E-state index is 0.0207. The van der Waals surface area contributed by atoms with E-state index >= 15 is 0 Å². The Kier molecular flexibility index (Phi) is 4.49. The van der Waals surface area contributed by atoms with Gasteiger partial charge >= 0.3 is 0 Å². The second-order valence-electron chi connectivity index (χ2n) is 4.62. The van der Waals surface area contributed by atoms with Crippen LogP contribution in [0, 0.1) is 11.6 Å². The fourth-order valence-electron chi connectivity index (χ4n) is 1.60. The maximum atomic E-state index is 12.9. The Morgan fingerprint density at radius 2 is 1.95 bits per heavy atom. The number of halogens is 2. The fraction of sp³-hybridized carbons (Fsp3) is 0.500. The lowest BCUT2D eigenvalue weighted by atomic mass is 10.2. The molecular formula is C12H16F2N2O2S. The molecule has 1 aromatic carbocycles. The Labute approximate surface area is 111 Å². The Morgan fingerprint density at radius 3 is 2.58 bits per heavy atom. The van der Waals surface area contributed by atoms with Gasteiger partial charge in [0.05, 0.1) is 5.75 Å². The molecule has 0 amide bonds. The summed E-state index contributed by atoms with van der Waals surface area (Å²) < 4.78 is 51.3. The lowest BCUT2D eigenvalue weighted by molar-refractivity contribution is 0.506. The van der Waals surface area contributed by atoms with Gasteiger partial charge in [0.25, 0.3) is 0 Å². The van der Waals surface area contributed by atoms with Gasteiger partial charge in [0.1, 0.15) is 0 Å². The van der Waals surface area contributed by atoms with Gasteiger partial charge in [0.2, 0.25) is 10.0 Å². The largest absolute Gasteiger partial charge is 0.313 e.